The van der Waals surface area contributed by atoms with Gasteiger partial charge in [0.2, 0.25) is 5.88 Å². The van der Waals surface area contributed by atoms with E-state index < -0.39 is 0 Å². The molecule has 1 rings (SSSR count). The molecule has 1 N–H and O–H groups in total. The first-order valence-corrected chi connectivity index (χ1v) is 4.05. The van der Waals surface area contributed by atoms with Crippen LogP contribution in [-0.2, 0) is 6.42 Å². The molecule has 0 spiro atoms. The molecule has 0 amide bonds. The highest BCUT2D eigenvalue weighted by Crippen LogP contribution is 2.07. The lowest BCUT2D eigenvalue weighted by Gasteiger charge is -2.01. The largest absolute Gasteiger partial charge is 0.478 e. The number of hydrogen-bond acceptors (Lipinski definition) is 3. The van der Waals surface area contributed by atoms with Crippen molar-refractivity contribution in [1.29, 1.82) is 0 Å². The highest BCUT2D eigenvalue weighted by molar-refractivity contribution is 5.17. The van der Waals surface area contributed by atoms with Gasteiger partial charge in [-0.1, -0.05) is 6.07 Å². The molecule has 0 saturated heterocycles. The Morgan fingerprint density at radius 3 is 2.83 bits per heavy atom. The maximum Gasteiger partial charge on any atom is 0.213 e. The van der Waals surface area contributed by atoms with Crippen LogP contribution in [-0.4, -0.2) is 23.3 Å². The Morgan fingerprint density at radius 2 is 2.33 bits per heavy atom. The summed E-state index contributed by atoms with van der Waals surface area (Å²) in [4.78, 5) is 4.05. The van der Waals surface area contributed by atoms with Crippen LogP contribution in [0.5, 0.6) is 5.88 Å². The van der Waals surface area contributed by atoms with Crippen LogP contribution in [0.15, 0.2) is 18.3 Å². The van der Waals surface area contributed by atoms with Crippen molar-refractivity contribution in [1.82, 2.24) is 4.98 Å². The molecular weight excluding hydrogens is 154 g/mol. The normalized spacial score (nSPS) is 9.83. The first-order valence-electron chi connectivity index (χ1n) is 4.05. The Labute approximate surface area is 72.0 Å². The fourth-order valence-electron chi connectivity index (χ4n) is 0.921. The van der Waals surface area contributed by atoms with Gasteiger partial charge < -0.3 is 9.84 Å². The second-order valence-corrected chi connectivity index (χ2v) is 2.41. The maximum absolute atomic E-state index is 8.63. The van der Waals surface area contributed by atoms with E-state index >= 15 is 0 Å². The molecule has 0 aliphatic carbocycles. The van der Waals surface area contributed by atoms with Crippen LogP contribution in [0.2, 0.25) is 0 Å². The number of rotatable bonds is 4. The monoisotopic (exact) mass is 167 g/mol. The summed E-state index contributed by atoms with van der Waals surface area (Å²) in [5.41, 5.74) is 1.03. The molecular formula is C9H13NO2. The Hall–Kier alpha value is -1.09. The van der Waals surface area contributed by atoms with E-state index in [4.69, 9.17) is 9.84 Å². The van der Waals surface area contributed by atoms with Crippen LogP contribution in [0.4, 0.5) is 0 Å². The van der Waals surface area contributed by atoms with Crippen LogP contribution in [0, 0.1) is 0 Å². The van der Waals surface area contributed by atoms with E-state index in [0.717, 1.165) is 5.56 Å². The van der Waals surface area contributed by atoms with Crippen LogP contribution in [0.1, 0.15) is 12.5 Å². The Bertz CT molecular complexity index is 195. The van der Waals surface area contributed by atoms with Gasteiger partial charge in [0.05, 0.1) is 6.61 Å². The third-order valence-corrected chi connectivity index (χ3v) is 1.49. The standard InChI is InChI=1S/C9H13NO2/c1-2-12-9-4-3-8(5-6-11)7-10-9/h3-4,7,11H,2,5-6H2,1H3. The smallest absolute Gasteiger partial charge is 0.213 e. The molecule has 1 aromatic rings. The van der Waals surface area contributed by atoms with E-state index in [2.05, 4.69) is 4.98 Å². The predicted octanol–water partition coefficient (Wildman–Crippen LogP) is 1.02. The van der Waals surface area contributed by atoms with Crippen LogP contribution in [0.3, 0.4) is 0 Å². The number of hydrogen-bond donors (Lipinski definition) is 1. The van der Waals surface area contributed by atoms with Gasteiger partial charge in [-0.25, -0.2) is 4.98 Å². The quantitative estimate of drug-likeness (QED) is 0.727. The van der Waals surface area contributed by atoms with Crippen molar-refractivity contribution in [3.05, 3.63) is 23.9 Å². The van der Waals surface area contributed by atoms with E-state index in [1.807, 2.05) is 19.1 Å². The van der Waals surface area contributed by atoms with Gasteiger partial charge in [0.1, 0.15) is 0 Å². The van der Waals surface area contributed by atoms with E-state index in [9.17, 15) is 0 Å². The summed E-state index contributed by atoms with van der Waals surface area (Å²) >= 11 is 0. The molecule has 3 nitrogen and oxygen atoms in total. The SMILES string of the molecule is CCOc1ccc(CCO)cn1. The molecule has 1 aromatic heterocycles. The zero-order chi connectivity index (χ0) is 8.81. The number of aliphatic hydroxyl groups excluding tert-OH is 1. The summed E-state index contributed by atoms with van der Waals surface area (Å²) < 4.78 is 5.17. The lowest BCUT2D eigenvalue weighted by Crippen LogP contribution is -1.96. The lowest BCUT2D eigenvalue weighted by atomic mass is 10.2. The lowest BCUT2D eigenvalue weighted by molar-refractivity contribution is 0.299. The number of aromatic nitrogens is 1. The van der Waals surface area contributed by atoms with Crippen molar-refractivity contribution in [3.8, 4) is 5.88 Å². The molecule has 0 aliphatic rings. The van der Waals surface area contributed by atoms with Crippen molar-refractivity contribution in [3.63, 3.8) is 0 Å². The molecule has 12 heavy (non-hydrogen) atoms. The first-order chi connectivity index (χ1) is 5.86. The average molecular weight is 167 g/mol. The van der Waals surface area contributed by atoms with Crippen molar-refractivity contribution < 1.29 is 9.84 Å². The third kappa shape index (κ3) is 2.51. The molecule has 0 saturated carbocycles. The molecule has 0 radical (unpaired) electrons. The Morgan fingerprint density at radius 1 is 1.50 bits per heavy atom. The molecule has 0 bridgehead atoms. The number of aliphatic hydroxyl groups is 1. The highest BCUT2D eigenvalue weighted by atomic mass is 16.5. The molecule has 1 heterocycles. The molecule has 66 valence electrons. The first kappa shape index (κ1) is 9.00. The second-order valence-electron chi connectivity index (χ2n) is 2.41. The summed E-state index contributed by atoms with van der Waals surface area (Å²) in [6, 6.07) is 3.72. The van der Waals surface area contributed by atoms with Crippen molar-refractivity contribution in [2.24, 2.45) is 0 Å². The number of pyridine rings is 1. The van der Waals surface area contributed by atoms with E-state index in [1.54, 1.807) is 6.20 Å². The van der Waals surface area contributed by atoms with Gasteiger partial charge in [-0.3, -0.25) is 0 Å². The van der Waals surface area contributed by atoms with Crippen molar-refractivity contribution in [2.75, 3.05) is 13.2 Å². The van der Waals surface area contributed by atoms with Gasteiger partial charge in [0.25, 0.3) is 0 Å². The summed E-state index contributed by atoms with van der Waals surface area (Å²) in [7, 11) is 0. The molecule has 0 aromatic carbocycles. The topological polar surface area (TPSA) is 42.4 Å². The summed E-state index contributed by atoms with van der Waals surface area (Å²) in [5, 5.41) is 8.63. The minimum absolute atomic E-state index is 0.162. The summed E-state index contributed by atoms with van der Waals surface area (Å²) in [6.45, 7) is 2.71. The highest BCUT2D eigenvalue weighted by Gasteiger charge is 1.94. The number of nitrogens with zero attached hydrogens (tertiary/aromatic N) is 1. The molecule has 3 heteroatoms. The second kappa shape index (κ2) is 4.72. The van der Waals surface area contributed by atoms with Gasteiger partial charge in [0, 0.05) is 18.9 Å². The van der Waals surface area contributed by atoms with E-state index in [1.165, 1.54) is 0 Å². The molecule has 0 fully saturated rings. The van der Waals surface area contributed by atoms with Gasteiger partial charge in [-0.05, 0) is 18.9 Å². The number of ether oxygens (including phenoxy) is 1. The van der Waals surface area contributed by atoms with Crippen LogP contribution in [0.25, 0.3) is 0 Å². The Balaban J connectivity index is 2.58. The molecule has 0 atom stereocenters. The third-order valence-electron chi connectivity index (χ3n) is 1.49. The fraction of sp³-hybridized carbons (Fsp3) is 0.444. The minimum Gasteiger partial charge on any atom is -0.478 e. The summed E-state index contributed by atoms with van der Waals surface area (Å²) in [5.74, 6) is 0.638. The predicted molar refractivity (Wildman–Crippen MR) is 46.2 cm³/mol. The van der Waals surface area contributed by atoms with Crippen LogP contribution >= 0.6 is 0 Å². The van der Waals surface area contributed by atoms with Crippen molar-refractivity contribution in [2.45, 2.75) is 13.3 Å². The van der Waals surface area contributed by atoms with Gasteiger partial charge >= 0.3 is 0 Å². The van der Waals surface area contributed by atoms with Gasteiger partial charge in [-0.2, -0.15) is 0 Å². The summed E-state index contributed by atoms with van der Waals surface area (Å²) in [6.07, 6.45) is 2.38. The zero-order valence-electron chi connectivity index (χ0n) is 7.16. The van der Waals surface area contributed by atoms with E-state index in [0.29, 0.717) is 18.9 Å². The van der Waals surface area contributed by atoms with Crippen LogP contribution < -0.4 is 4.74 Å². The Kier molecular flexibility index (Phi) is 3.54. The average Bonchev–Trinajstić information content (AvgIpc) is 2.09. The zero-order valence-corrected chi connectivity index (χ0v) is 7.16. The molecule has 0 aliphatic heterocycles. The minimum atomic E-state index is 0.162. The van der Waals surface area contributed by atoms with Gasteiger partial charge in [-0.15, -0.1) is 0 Å². The van der Waals surface area contributed by atoms with Gasteiger partial charge in [0.15, 0.2) is 0 Å². The maximum atomic E-state index is 8.63. The van der Waals surface area contributed by atoms with Crippen molar-refractivity contribution >= 4 is 0 Å². The van der Waals surface area contributed by atoms with E-state index in [-0.39, 0.29) is 6.61 Å². The fourth-order valence-corrected chi connectivity index (χ4v) is 0.921. The molecule has 0 unspecified atom stereocenters.